The van der Waals surface area contributed by atoms with E-state index < -0.39 is 0 Å². The SMILES string of the molecule is CCCCC(=O)OCC(=O)NC(c1ccccc1)c1ccccc1. The normalized spacial score (nSPS) is 10.4. The first kappa shape index (κ1) is 17.7. The molecule has 0 heterocycles. The lowest BCUT2D eigenvalue weighted by molar-refractivity contribution is -0.148. The van der Waals surface area contributed by atoms with Crippen molar-refractivity contribution in [2.24, 2.45) is 0 Å². The predicted octanol–water partition coefficient (Wildman–Crippen LogP) is 3.63. The summed E-state index contributed by atoms with van der Waals surface area (Å²) in [6.45, 7) is 1.75. The number of hydrogen-bond acceptors (Lipinski definition) is 3. The van der Waals surface area contributed by atoms with Crippen LogP contribution in [0, 0.1) is 0 Å². The fourth-order valence-corrected chi connectivity index (χ4v) is 2.39. The van der Waals surface area contributed by atoms with E-state index >= 15 is 0 Å². The van der Waals surface area contributed by atoms with Crippen LogP contribution >= 0.6 is 0 Å². The van der Waals surface area contributed by atoms with Gasteiger partial charge in [-0.2, -0.15) is 0 Å². The second-order valence-corrected chi connectivity index (χ2v) is 5.59. The number of hydrogen-bond donors (Lipinski definition) is 1. The van der Waals surface area contributed by atoms with Gasteiger partial charge in [-0.3, -0.25) is 9.59 Å². The zero-order valence-electron chi connectivity index (χ0n) is 13.9. The number of ether oxygens (including phenoxy) is 1. The molecular weight excluding hydrogens is 302 g/mol. The largest absolute Gasteiger partial charge is 0.456 e. The molecule has 0 saturated carbocycles. The topological polar surface area (TPSA) is 55.4 Å². The monoisotopic (exact) mass is 325 g/mol. The second kappa shape index (κ2) is 9.50. The Morgan fingerprint density at radius 2 is 1.50 bits per heavy atom. The van der Waals surface area contributed by atoms with E-state index in [9.17, 15) is 9.59 Å². The molecule has 0 aliphatic rings. The third kappa shape index (κ3) is 5.54. The van der Waals surface area contributed by atoms with Gasteiger partial charge in [-0.25, -0.2) is 0 Å². The predicted molar refractivity (Wildman–Crippen MR) is 93.4 cm³/mol. The lowest BCUT2D eigenvalue weighted by atomic mass is 9.99. The van der Waals surface area contributed by atoms with Gasteiger partial charge in [0.05, 0.1) is 6.04 Å². The van der Waals surface area contributed by atoms with Gasteiger partial charge in [-0.1, -0.05) is 74.0 Å². The average molecular weight is 325 g/mol. The van der Waals surface area contributed by atoms with Crippen LogP contribution in [-0.4, -0.2) is 18.5 Å². The summed E-state index contributed by atoms with van der Waals surface area (Å²) in [5.41, 5.74) is 1.96. The minimum atomic E-state index is -0.331. The van der Waals surface area contributed by atoms with Crippen molar-refractivity contribution in [3.63, 3.8) is 0 Å². The second-order valence-electron chi connectivity index (χ2n) is 5.59. The van der Waals surface area contributed by atoms with Crippen LogP contribution in [0.15, 0.2) is 60.7 Å². The third-order valence-electron chi connectivity index (χ3n) is 3.67. The van der Waals surface area contributed by atoms with Gasteiger partial charge in [0, 0.05) is 6.42 Å². The van der Waals surface area contributed by atoms with E-state index in [0.717, 1.165) is 24.0 Å². The molecule has 0 spiro atoms. The maximum absolute atomic E-state index is 12.2. The van der Waals surface area contributed by atoms with Crippen molar-refractivity contribution in [2.45, 2.75) is 32.2 Å². The van der Waals surface area contributed by atoms with Crippen LogP contribution in [-0.2, 0) is 14.3 Å². The molecule has 0 radical (unpaired) electrons. The molecular formula is C20H23NO3. The molecule has 0 saturated heterocycles. The Hall–Kier alpha value is -2.62. The molecule has 4 nitrogen and oxygen atoms in total. The van der Waals surface area contributed by atoms with Crippen molar-refractivity contribution >= 4 is 11.9 Å². The van der Waals surface area contributed by atoms with Crippen molar-refractivity contribution in [3.8, 4) is 0 Å². The number of nitrogens with one attached hydrogen (secondary N) is 1. The number of carbonyl (C=O) groups excluding carboxylic acids is 2. The molecule has 0 atom stereocenters. The van der Waals surface area contributed by atoms with E-state index in [-0.39, 0.29) is 24.5 Å². The molecule has 1 amide bonds. The highest BCUT2D eigenvalue weighted by Gasteiger charge is 2.17. The fraction of sp³-hybridized carbons (Fsp3) is 0.300. The van der Waals surface area contributed by atoms with Gasteiger partial charge >= 0.3 is 5.97 Å². The first-order valence-electron chi connectivity index (χ1n) is 8.25. The van der Waals surface area contributed by atoms with Crippen molar-refractivity contribution in [3.05, 3.63) is 71.8 Å². The molecule has 4 heteroatoms. The van der Waals surface area contributed by atoms with Crippen molar-refractivity contribution in [2.75, 3.05) is 6.61 Å². The first-order valence-corrected chi connectivity index (χ1v) is 8.25. The van der Waals surface area contributed by atoms with Crippen molar-refractivity contribution in [1.29, 1.82) is 0 Å². The summed E-state index contributed by atoms with van der Waals surface area (Å²) >= 11 is 0. The number of rotatable bonds is 8. The van der Waals surface area contributed by atoms with Crippen LogP contribution in [0.3, 0.4) is 0 Å². The highest BCUT2D eigenvalue weighted by molar-refractivity contribution is 5.81. The summed E-state index contributed by atoms with van der Waals surface area (Å²) in [5, 5.41) is 2.94. The lowest BCUT2D eigenvalue weighted by Gasteiger charge is -2.19. The fourth-order valence-electron chi connectivity index (χ4n) is 2.39. The number of unbranched alkanes of at least 4 members (excludes halogenated alkanes) is 1. The van der Waals surface area contributed by atoms with E-state index in [0.29, 0.717) is 6.42 Å². The third-order valence-corrected chi connectivity index (χ3v) is 3.67. The van der Waals surface area contributed by atoms with Crippen LogP contribution in [0.5, 0.6) is 0 Å². The summed E-state index contributed by atoms with van der Waals surface area (Å²) in [7, 11) is 0. The molecule has 126 valence electrons. The van der Waals surface area contributed by atoms with Gasteiger partial charge in [0.1, 0.15) is 0 Å². The molecule has 0 fully saturated rings. The number of amides is 1. The molecule has 0 aromatic heterocycles. The summed E-state index contributed by atoms with van der Waals surface area (Å²) < 4.78 is 5.03. The van der Waals surface area contributed by atoms with Gasteiger partial charge in [0.25, 0.3) is 5.91 Å². The number of benzene rings is 2. The smallest absolute Gasteiger partial charge is 0.306 e. The van der Waals surface area contributed by atoms with E-state index in [4.69, 9.17) is 4.74 Å². The Morgan fingerprint density at radius 3 is 2.00 bits per heavy atom. The minimum Gasteiger partial charge on any atom is -0.456 e. The van der Waals surface area contributed by atoms with Gasteiger partial charge in [0.2, 0.25) is 0 Å². The highest BCUT2D eigenvalue weighted by Crippen LogP contribution is 2.21. The van der Waals surface area contributed by atoms with Crippen LogP contribution in [0.1, 0.15) is 43.4 Å². The summed E-state index contributed by atoms with van der Waals surface area (Å²) in [4.78, 5) is 23.7. The lowest BCUT2D eigenvalue weighted by Crippen LogP contribution is -2.33. The van der Waals surface area contributed by atoms with Gasteiger partial charge in [-0.15, -0.1) is 0 Å². The molecule has 2 aromatic rings. The van der Waals surface area contributed by atoms with E-state index in [2.05, 4.69) is 5.32 Å². The van der Waals surface area contributed by atoms with Crippen LogP contribution < -0.4 is 5.32 Å². The van der Waals surface area contributed by atoms with Gasteiger partial charge < -0.3 is 10.1 Å². The van der Waals surface area contributed by atoms with Crippen molar-refractivity contribution in [1.82, 2.24) is 5.32 Å². The molecule has 0 bridgehead atoms. The molecule has 2 rings (SSSR count). The standard InChI is InChI=1S/C20H23NO3/c1-2-3-14-19(23)24-15-18(22)21-20(16-10-6-4-7-11-16)17-12-8-5-9-13-17/h4-13,20H,2-3,14-15H2,1H3,(H,21,22). The Morgan fingerprint density at radius 1 is 0.958 bits per heavy atom. The van der Waals surface area contributed by atoms with E-state index in [1.807, 2.05) is 67.6 Å². The van der Waals surface area contributed by atoms with Gasteiger partial charge in [-0.05, 0) is 17.5 Å². The van der Waals surface area contributed by atoms with Crippen LogP contribution in [0.2, 0.25) is 0 Å². The number of carbonyl (C=O) groups is 2. The van der Waals surface area contributed by atoms with Crippen LogP contribution in [0.4, 0.5) is 0 Å². The van der Waals surface area contributed by atoms with E-state index in [1.165, 1.54) is 0 Å². The number of esters is 1. The Balaban J connectivity index is 2.01. The quantitative estimate of drug-likeness (QED) is 0.754. The molecule has 0 aliphatic carbocycles. The average Bonchev–Trinajstić information content (AvgIpc) is 2.64. The summed E-state index contributed by atoms with van der Waals surface area (Å²) in [5.74, 6) is -0.638. The molecule has 0 unspecified atom stereocenters. The maximum Gasteiger partial charge on any atom is 0.306 e. The maximum atomic E-state index is 12.2. The Kier molecular flexibility index (Phi) is 7.02. The van der Waals surface area contributed by atoms with Crippen molar-refractivity contribution < 1.29 is 14.3 Å². The van der Waals surface area contributed by atoms with Crippen LogP contribution in [0.25, 0.3) is 0 Å². The Bertz CT molecular complexity index is 601. The Labute approximate surface area is 142 Å². The molecule has 0 aliphatic heterocycles. The first-order chi connectivity index (χ1) is 11.7. The molecule has 24 heavy (non-hydrogen) atoms. The summed E-state index contributed by atoms with van der Waals surface area (Å²) in [6.07, 6.45) is 2.05. The van der Waals surface area contributed by atoms with Gasteiger partial charge in [0.15, 0.2) is 6.61 Å². The zero-order valence-corrected chi connectivity index (χ0v) is 13.9. The minimum absolute atomic E-state index is 0.251. The highest BCUT2D eigenvalue weighted by atomic mass is 16.5. The summed E-state index contributed by atoms with van der Waals surface area (Å²) in [6, 6.07) is 19.2. The van der Waals surface area contributed by atoms with E-state index in [1.54, 1.807) is 0 Å². The molecule has 1 N–H and O–H groups in total. The zero-order chi connectivity index (χ0) is 17.2. The molecule has 2 aromatic carbocycles.